The van der Waals surface area contributed by atoms with Gasteiger partial charge in [0, 0.05) is 56.0 Å². The van der Waals surface area contributed by atoms with Crippen molar-refractivity contribution >= 4 is 28.7 Å². The molecule has 5 rings (SSSR count). The number of aromatic nitrogens is 3. The summed E-state index contributed by atoms with van der Waals surface area (Å²) in [6.45, 7) is 5.91. The molecule has 0 aliphatic carbocycles. The summed E-state index contributed by atoms with van der Waals surface area (Å²) >= 11 is 0. The lowest BCUT2D eigenvalue weighted by atomic mass is 9.94. The Hall–Kier alpha value is -3.68. The average molecular weight is 431 g/mol. The van der Waals surface area contributed by atoms with Crippen LogP contribution < -0.4 is 15.5 Å². The maximum Gasteiger partial charge on any atom is 0.253 e. The highest BCUT2D eigenvalue weighted by atomic mass is 16.2. The second-order valence-electron chi connectivity index (χ2n) is 8.36. The molecule has 0 saturated carbocycles. The molecule has 1 atom stereocenters. The van der Waals surface area contributed by atoms with E-state index in [0.29, 0.717) is 31.7 Å². The minimum atomic E-state index is -0.0487. The molecule has 0 saturated heterocycles. The molecule has 1 aromatic carbocycles. The molecule has 3 aromatic rings. The third-order valence-corrected chi connectivity index (χ3v) is 6.11. The summed E-state index contributed by atoms with van der Waals surface area (Å²) < 4.78 is 0. The fraction of sp³-hybridized carbons (Fsp3) is 0.333. The molecule has 32 heavy (non-hydrogen) atoms. The number of fused-ring (bicyclic) bond motifs is 3. The Labute approximate surface area is 186 Å². The number of nitrogens with zero attached hydrogens (tertiary/aromatic N) is 3. The van der Waals surface area contributed by atoms with Gasteiger partial charge in [-0.3, -0.25) is 9.59 Å². The number of anilines is 1. The number of benzene rings is 1. The van der Waals surface area contributed by atoms with Gasteiger partial charge in [0.15, 0.2) is 5.82 Å². The lowest BCUT2D eigenvalue weighted by Gasteiger charge is -2.24. The van der Waals surface area contributed by atoms with Crippen molar-refractivity contribution in [3.63, 3.8) is 0 Å². The maximum absolute atomic E-state index is 12.5. The van der Waals surface area contributed by atoms with Gasteiger partial charge in [0.1, 0.15) is 5.52 Å². The van der Waals surface area contributed by atoms with Crippen LogP contribution in [-0.2, 0) is 4.79 Å². The maximum atomic E-state index is 12.5. The monoisotopic (exact) mass is 430 g/mol. The van der Waals surface area contributed by atoms with Crippen LogP contribution in [0.3, 0.4) is 0 Å². The third-order valence-electron chi connectivity index (χ3n) is 6.11. The van der Waals surface area contributed by atoms with Crippen molar-refractivity contribution in [2.75, 3.05) is 31.1 Å². The van der Waals surface area contributed by atoms with Gasteiger partial charge < -0.3 is 20.5 Å². The second-order valence-corrected chi connectivity index (χ2v) is 8.36. The van der Waals surface area contributed by atoms with Crippen molar-refractivity contribution in [3.8, 4) is 11.3 Å². The number of carbonyl (C=O) groups excluding carboxylic acids is 2. The fourth-order valence-electron chi connectivity index (χ4n) is 4.53. The number of allylic oxidation sites excluding steroid dienone is 1. The van der Waals surface area contributed by atoms with Gasteiger partial charge in [-0.2, -0.15) is 0 Å². The van der Waals surface area contributed by atoms with Crippen LogP contribution in [0.5, 0.6) is 0 Å². The van der Waals surface area contributed by atoms with Crippen LogP contribution in [0, 0.1) is 6.92 Å². The number of para-hydroxylation sites is 1. The Morgan fingerprint density at radius 1 is 1.25 bits per heavy atom. The Morgan fingerprint density at radius 3 is 2.97 bits per heavy atom. The summed E-state index contributed by atoms with van der Waals surface area (Å²) in [5.41, 5.74) is 5.92. The third kappa shape index (κ3) is 3.62. The van der Waals surface area contributed by atoms with Gasteiger partial charge >= 0.3 is 0 Å². The van der Waals surface area contributed by atoms with Crippen molar-refractivity contribution in [2.45, 2.75) is 26.2 Å². The zero-order valence-corrected chi connectivity index (χ0v) is 18.2. The molecule has 8 nitrogen and oxygen atoms in total. The fourth-order valence-corrected chi connectivity index (χ4v) is 4.53. The van der Waals surface area contributed by atoms with Crippen molar-refractivity contribution in [2.24, 2.45) is 0 Å². The van der Waals surface area contributed by atoms with Crippen molar-refractivity contribution in [1.29, 1.82) is 0 Å². The van der Waals surface area contributed by atoms with Crippen molar-refractivity contribution < 1.29 is 9.59 Å². The van der Waals surface area contributed by atoms with Gasteiger partial charge in [-0.25, -0.2) is 9.97 Å². The number of H-pyrrole nitrogens is 1. The van der Waals surface area contributed by atoms with E-state index in [0.717, 1.165) is 45.9 Å². The molecule has 164 valence electrons. The lowest BCUT2D eigenvalue weighted by molar-refractivity contribution is -0.118. The SMILES string of the molecule is CC(=O)NCCN1CC=CCC2CNC(=O)c3cc([nH]c32)-c2cccc3nc(C)c1nc23. The van der Waals surface area contributed by atoms with Gasteiger partial charge in [-0.1, -0.05) is 24.3 Å². The number of nitrogens with one attached hydrogen (secondary N) is 3. The second kappa shape index (κ2) is 8.11. The van der Waals surface area contributed by atoms with E-state index < -0.39 is 0 Å². The first-order chi connectivity index (χ1) is 15.5. The smallest absolute Gasteiger partial charge is 0.253 e. The lowest BCUT2D eigenvalue weighted by Crippen LogP contribution is -2.35. The Bertz CT molecular complexity index is 1240. The zero-order valence-electron chi connectivity index (χ0n) is 18.2. The van der Waals surface area contributed by atoms with Gasteiger partial charge in [0.2, 0.25) is 5.91 Å². The van der Waals surface area contributed by atoms with Crippen LogP contribution in [-0.4, -0.2) is 52.9 Å². The molecule has 2 aromatic heterocycles. The number of hydrogen-bond donors (Lipinski definition) is 3. The van der Waals surface area contributed by atoms with Crippen LogP contribution in [0.1, 0.15) is 41.0 Å². The van der Waals surface area contributed by atoms with Gasteiger partial charge in [0.25, 0.3) is 5.91 Å². The normalized spacial score (nSPS) is 17.5. The van der Waals surface area contributed by atoms with E-state index >= 15 is 0 Å². The largest absolute Gasteiger partial charge is 0.357 e. The molecule has 0 radical (unpaired) electrons. The Balaban J connectivity index is 1.67. The molecule has 8 heteroatoms. The van der Waals surface area contributed by atoms with Gasteiger partial charge in [-0.05, 0) is 25.5 Å². The molecule has 2 aliphatic heterocycles. The molecule has 1 unspecified atom stereocenters. The van der Waals surface area contributed by atoms with Crippen molar-refractivity contribution in [3.05, 3.63) is 53.4 Å². The van der Waals surface area contributed by atoms with Crippen LogP contribution in [0.4, 0.5) is 5.82 Å². The summed E-state index contributed by atoms with van der Waals surface area (Å²) in [4.78, 5) is 39.4. The van der Waals surface area contributed by atoms with Crippen LogP contribution in [0.15, 0.2) is 36.4 Å². The highest BCUT2D eigenvalue weighted by Gasteiger charge is 2.28. The predicted octanol–water partition coefficient (Wildman–Crippen LogP) is 2.66. The van der Waals surface area contributed by atoms with Gasteiger partial charge in [-0.15, -0.1) is 0 Å². The highest BCUT2D eigenvalue weighted by Crippen LogP contribution is 2.34. The molecule has 4 heterocycles. The summed E-state index contributed by atoms with van der Waals surface area (Å²) in [5.74, 6) is 0.901. The summed E-state index contributed by atoms with van der Waals surface area (Å²) in [6, 6.07) is 7.87. The summed E-state index contributed by atoms with van der Waals surface area (Å²) in [7, 11) is 0. The Kier molecular flexibility index (Phi) is 5.13. The van der Waals surface area contributed by atoms with E-state index in [1.807, 2.05) is 31.2 Å². The number of aromatic amines is 1. The molecule has 2 aliphatic rings. The summed E-state index contributed by atoms with van der Waals surface area (Å²) in [5, 5.41) is 5.89. The minimum Gasteiger partial charge on any atom is -0.357 e. The number of amides is 2. The molecule has 0 spiro atoms. The van der Waals surface area contributed by atoms with Crippen LogP contribution in [0.25, 0.3) is 22.3 Å². The molecule has 3 N–H and O–H groups in total. The molecular weight excluding hydrogens is 404 g/mol. The molecular formula is C24H26N6O2. The topological polar surface area (TPSA) is 103 Å². The standard InChI is InChI=1S/C24H26N6O2/c1-14-23-29-22-17(7-5-8-19(22)27-14)20-12-18-21(28-20)16(13-26-24(18)32)6-3-4-10-30(23)11-9-25-15(2)31/h3-5,7-8,12,16,28H,6,9-11,13H2,1-2H3,(H,25,31)(H,26,32). The Morgan fingerprint density at radius 2 is 2.12 bits per heavy atom. The quantitative estimate of drug-likeness (QED) is 0.555. The van der Waals surface area contributed by atoms with E-state index in [-0.39, 0.29) is 17.7 Å². The first-order valence-corrected chi connectivity index (χ1v) is 10.9. The first kappa shape index (κ1) is 20.2. The number of carbonyl (C=O) groups is 2. The van der Waals surface area contributed by atoms with Gasteiger partial charge in [0.05, 0.1) is 16.8 Å². The first-order valence-electron chi connectivity index (χ1n) is 10.9. The molecule has 4 bridgehead atoms. The zero-order chi connectivity index (χ0) is 22.2. The number of rotatable bonds is 3. The summed E-state index contributed by atoms with van der Waals surface area (Å²) in [6.07, 6.45) is 5.10. The average Bonchev–Trinajstić information content (AvgIpc) is 3.22. The van der Waals surface area contributed by atoms with Crippen LogP contribution >= 0.6 is 0 Å². The molecule has 0 fully saturated rings. The highest BCUT2D eigenvalue weighted by molar-refractivity contribution is 6.00. The number of hydrogen-bond acceptors (Lipinski definition) is 5. The van der Waals surface area contributed by atoms with E-state index in [1.165, 1.54) is 6.92 Å². The van der Waals surface area contributed by atoms with E-state index in [1.54, 1.807) is 0 Å². The van der Waals surface area contributed by atoms with Crippen LogP contribution in [0.2, 0.25) is 0 Å². The number of aryl methyl sites for hydroxylation is 1. The molecule has 2 amide bonds. The van der Waals surface area contributed by atoms with E-state index in [4.69, 9.17) is 9.97 Å². The minimum absolute atomic E-state index is 0.0400. The van der Waals surface area contributed by atoms with E-state index in [9.17, 15) is 9.59 Å². The van der Waals surface area contributed by atoms with E-state index in [2.05, 4.69) is 32.7 Å². The van der Waals surface area contributed by atoms with Crippen molar-refractivity contribution in [1.82, 2.24) is 25.6 Å². The predicted molar refractivity (Wildman–Crippen MR) is 124 cm³/mol.